The molecule has 0 saturated heterocycles. The summed E-state index contributed by atoms with van der Waals surface area (Å²) in [6.07, 6.45) is 5.58. The van der Waals surface area contributed by atoms with Crippen LogP contribution in [0.5, 0.6) is 5.75 Å². The smallest absolute Gasteiger partial charge is 0.226 e. The van der Waals surface area contributed by atoms with E-state index in [1.807, 2.05) is 6.92 Å². The maximum absolute atomic E-state index is 12.2. The van der Waals surface area contributed by atoms with Gasteiger partial charge in [-0.15, -0.1) is 0 Å². The summed E-state index contributed by atoms with van der Waals surface area (Å²) in [5.41, 5.74) is 6.91. The van der Waals surface area contributed by atoms with E-state index in [9.17, 15) is 9.59 Å². The Bertz CT molecular complexity index is 583. The van der Waals surface area contributed by atoms with Crippen LogP contribution in [0.3, 0.4) is 0 Å². The summed E-state index contributed by atoms with van der Waals surface area (Å²) in [6, 6.07) is 4.90. The number of nitrogens with two attached hydrogens (primary N) is 1. The number of carbonyl (C=O) groups is 2. The van der Waals surface area contributed by atoms with Crippen molar-refractivity contribution in [3.05, 3.63) is 18.2 Å². The molecule has 0 bridgehead atoms. The van der Waals surface area contributed by atoms with Crippen LogP contribution < -0.4 is 21.1 Å². The first-order valence-electron chi connectivity index (χ1n) is 8.53. The van der Waals surface area contributed by atoms with Gasteiger partial charge in [0.05, 0.1) is 12.8 Å². The number of anilines is 2. The SMILES string of the molecule is COc1ccc(NC(=O)CC(C)NC(=O)C2CCCCC2)cc1N. The third-order valence-corrected chi connectivity index (χ3v) is 4.37. The van der Waals surface area contributed by atoms with Crippen molar-refractivity contribution in [3.8, 4) is 5.75 Å². The van der Waals surface area contributed by atoms with E-state index in [4.69, 9.17) is 10.5 Å². The third-order valence-electron chi connectivity index (χ3n) is 4.37. The Balaban J connectivity index is 1.80. The summed E-state index contributed by atoms with van der Waals surface area (Å²) < 4.78 is 5.09. The van der Waals surface area contributed by atoms with E-state index in [1.165, 1.54) is 6.42 Å². The van der Waals surface area contributed by atoms with Crippen LogP contribution >= 0.6 is 0 Å². The van der Waals surface area contributed by atoms with Crippen LogP contribution in [0.15, 0.2) is 18.2 Å². The number of benzene rings is 1. The molecule has 1 aromatic rings. The minimum absolute atomic E-state index is 0.0729. The molecule has 0 spiro atoms. The van der Waals surface area contributed by atoms with Gasteiger partial charge in [-0.05, 0) is 38.0 Å². The van der Waals surface area contributed by atoms with Crippen molar-refractivity contribution in [1.82, 2.24) is 5.32 Å². The summed E-state index contributed by atoms with van der Waals surface area (Å²) >= 11 is 0. The highest BCUT2D eigenvalue weighted by atomic mass is 16.5. The lowest BCUT2D eigenvalue weighted by Gasteiger charge is -2.23. The number of hydrogen-bond donors (Lipinski definition) is 3. The van der Waals surface area contributed by atoms with E-state index in [0.717, 1.165) is 25.7 Å². The highest BCUT2D eigenvalue weighted by molar-refractivity contribution is 5.92. The first kappa shape index (κ1) is 18.1. The molecule has 1 saturated carbocycles. The number of ether oxygens (including phenoxy) is 1. The zero-order valence-electron chi connectivity index (χ0n) is 14.4. The van der Waals surface area contributed by atoms with Crippen molar-refractivity contribution in [2.45, 2.75) is 51.5 Å². The maximum atomic E-state index is 12.2. The molecule has 0 radical (unpaired) electrons. The molecule has 6 nitrogen and oxygen atoms in total. The molecule has 1 unspecified atom stereocenters. The topological polar surface area (TPSA) is 93.5 Å². The van der Waals surface area contributed by atoms with E-state index in [2.05, 4.69) is 10.6 Å². The molecule has 6 heteroatoms. The second-order valence-electron chi connectivity index (χ2n) is 6.45. The molecule has 2 amide bonds. The number of amides is 2. The Hall–Kier alpha value is -2.24. The predicted molar refractivity (Wildman–Crippen MR) is 94.8 cm³/mol. The average molecular weight is 333 g/mol. The number of nitrogen functional groups attached to an aromatic ring is 1. The van der Waals surface area contributed by atoms with Gasteiger partial charge in [0.25, 0.3) is 0 Å². The highest BCUT2D eigenvalue weighted by Crippen LogP contribution is 2.25. The number of rotatable bonds is 6. The Labute approximate surface area is 143 Å². The summed E-state index contributed by atoms with van der Waals surface area (Å²) in [5.74, 6) is 0.589. The van der Waals surface area contributed by atoms with Crippen LogP contribution in [-0.4, -0.2) is 25.0 Å². The minimum Gasteiger partial charge on any atom is -0.495 e. The van der Waals surface area contributed by atoms with Crippen molar-refractivity contribution >= 4 is 23.2 Å². The van der Waals surface area contributed by atoms with Gasteiger partial charge >= 0.3 is 0 Å². The summed E-state index contributed by atoms with van der Waals surface area (Å²) in [4.78, 5) is 24.3. The molecule has 0 aromatic heterocycles. The molecule has 1 aliphatic carbocycles. The number of carbonyl (C=O) groups excluding carboxylic acids is 2. The van der Waals surface area contributed by atoms with Gasteiger partial charge in [0.15, 0.2) is 0 Å². The van der Waals surface area contributed by atoms with E-state index in [0.29, 0.717) is 17.1 Å². The van der Waals surface area contributed by atoms with Crippen molar-refractivity contribution < 1.29 is 14.3 Å². The second-order valence-corrected chi connectivity index (χ2v) is 6.45. The van der Waals surface area contributed by atoms with Crippen molar-refractivity contribution in [3.63, 3.8) is 0 Å². The van der Waals surface area contributed by atoms with Gasteiger partial charge in [-0.1, -0.05) is 19.3 Å². The summed E-state index contributed by atoms with van der Waals surface area (Å²) in [6.45, 7) is 1.85. The zero-order valence-corrected chi connectivity index (χ0v) is 14.4. The number of hydrogen-bond acceptors (Lipinski definition) is 4. The highest BCUT2D eigenvalue weighted by Gasteiger charge is 2.22. The molecule has 0 aliphatic heterocycles. The summed E-state index contributed by atoms with van der Waals surface area (Å²) in [7, 11) is 1.54. The molecule has 24 heavy (non-hydrogen) atoms. The lowest BCUT2D eigenvalue weighted by molar-refractivity contribution is -0.126. The zero-order chi connectivity index (χ0) is 17.5. The van der Waals surface area contributed by atoms with Gasteiger partial charge < -0.3 is 21.1 Å². The first-order chi connectivity index (χ1) is 11.5. The fourth-order valence-electron chi connectivity index (χ4n) is 3.08. The molecule has 132 valence electrons. The minimum atomic E-state index is -0.199. The summed E-state index contributed by atoms with van der Waals surface area (Å²) in [5, 5.41) is 5.74. The van der Waals surface area contributed by atoms with Crippen molar-refractivity contribution in [1.29, 1.82) is 0 Å². The van der Waals surface area contributed by atoms with Gasteiger partial charge in [0, 0.05) is 24.1 Å². The average Bonchev–Trinajstić information content (AvgIpc) is 2.55. The molecule has 1 fully saturated rings. The Kier molecular flexibility index (Phi) is 6.46. The van der Waals surface area contributed by atoms with Gasteiger partial charge in [0.1, 0.15) is 5.75 Å². The van der Waals surface area contributed by atoms with Crippen molar-refractivity contribution in [2.75, 3.05) is 18.2 Å². The largest absolute Gasteiger partial charge is 0.495 e. The number of nitrogens with one attached hydrogen (secondary N) is 2. The molecule has 1 aromatic carbocycles. The predicted octanol–water partition coefficient (Wildman–Crippen LogP) is 2.69. The molecule has 4 N–H and O–H groups in total. The quantitative estimate of drug-likeness (QED) is 0.698. The van der Waals surface area contributed by atoms with Gasteiger partial charge in [-0.25, -0.2) is 0 Å². The van der Waals surface area contributed by atoms with E-state index in [1.54, 1.807) is 25.3 Å². The molecular weight excluding hydrogens is 306 g/mol. The van der Waals surface area contributed by atoms with Gasteiger partial charge in [-0.3, -0.25) is 9.59 Å². The fraction of sp³-hybridized carbons (Fsp3) is 0.556. The fourth-order valence-corrected chi connectivity index (χ4v) is 3.08. The monoisotopic (exact) mass is 333 g/mol. The molecular formula is C18H27N3O3. The van der Waals surface area contributed by atoms with Crippen LogP contribution in [-0.2, 0) is 9.59 Å². The standard InChI is InChI=1S/C18H27N3O3/c1-12(20-18(23)13-6-4-3-5-7-13)10-17(22)21-14-8-9-16(24-2)15(19)11-14/h8-9,11-13H,3-7,10,19H2,1-2H3,(H,20,23)(H,21,22). The van der Waals surface area contributed by atoms with Gasteiger partial charge in [-0.2, -0.15) is 0 Å². The lowest BCUT2D eigenvalue weighted by atomic mass is 9.88. The molecule has 0 heterocycles. The van der Waals surface area contributed by atoms with E-state index < -0.39 is 0 Å². The van der Waals surface area contributed by atoms with E-state index >= 15 is 0 Å². The molecule has 2 rings (SSSR count). The Morgan fingerprint density at radius 1 is 1.29 bits per heavy atom. The Morgan fingerprint density at radius 2 is 2.00 bits per heavy atom. The number of methoxy groups -OCH3 is 1. The lowest BCUT2D eigenvalue weighted by Crippen LogP contribution is -2.39. The van der Waals surface area contributed by atoms with Crippen LogP contribution in [0.2, 0.25) is 0 Å². The maximum Gasteiger partial charge on any atom is 0.226 e. The van der Waals surface area contributed by atoms with E-state index in [-0.39, 0.29) is 30.2 Å². The third kappa shape index (κ3) is 5.15. The van der Waals surface area contributed by atoms with Crippen molar-refractivity contribution in [2.24, 2.45) is 5.92 Å². The van der Waals surface area contributed by atoms with Gasteiger partial charge in [0.2, 0.25) is 11.8 Å². The molecule has 1 atom stereocenters. The normalized spacial score (nSPS) is 16.2. The second kappa shape index (κ2) is 8.57. The van der Waals surface area contributed by atoms with Crippen LogP contribution in [0.25, 0.3) is 0 Å². The Morgan fingerprint density at radius 3 is 2.62 bits per heavy atom. The first-order valence-corrected chi connectivity index (χ1v) is 8.53. The van der Waals surface area contributed by atoms with Crippen LogP contribution in [0, 0.1) is 5.92 Å². The van der Waals surface area contributed by atoms with Crippen LogP contribution in [0.4, 0.5) is 11.4 Å². The van der Waals surface area contributed by atoms with Crippen LogP contribution in [0.1, 0.15) is 45.4 Å². The molecule has 1 aliphatic rings.